The van der Waals surface area contributed by atoms with Crippen LogP contribution in [0.25, 0.3) is 16.9 Å². The zero-order chi connectivity index (χ0) is 27.9. The minimum atomic E-state index is -5.08. The molecule has 1 aliphatic rings. The number of amides is 1. The van der Waals surface area contributed by atoms with Gasteiger partial charge in [0.25, 0.3) is 5.91 Å². The Morgan fingerprint density at radius 1 is 1.00 bits per heavy atom. The summed E-state index contributed by atoms with van der Waals surface area (Å²) in [7, 11) is 2.13. The zero-order valence-electron chi connectivity index (χ0n) is 21.0. The third-order valence-corrected chi connectivity index (χ3v) is 5.93. The summed E-state index contributed by atoms with van der Waals surface area (Å²) in [5, 5.41) is 14.8. The fourth-order valence-electron chi connectivity index (χ4n) is 3.69. The number of hydrogen-bond acceptors (Lipinski definition) is 5. The van der Waals surface area contributed by atoms with Gasteiger partial charge in [-0.2, -0.15) is 18.3 Å². The molecule has 8 nitrogen and oxygen atoms in total. The molecular formula is C26H29F4N5O3. The summed E-state index contributed by atoms with van der Waals surface area (Å²) >= 11 is 0. The second-order valence-electron chi connectivity index (χ2n) is 8.88. The molecular weight excluding hydrogens is 506 g/mol. The van der Waals surface area contributed by atoms with E-state index in [9.17, 15) is 22.4 Å². The summed E-state index contributed by atoms with van der Waals surface area (Å²) in [6.07, 6.45) is -3.37. The van der Waals surface area contributed by atoms with Crippen molar-refractivity contribution in [2.75, 3.05) is 46.3 Å². The van der Waals surface area contributed by atoms with E-state index >= 15 is 0 Å². The third kappa shape index (κ3) is 8.12. The highest BCUT2D eigenvalue weighted by molar-refractivity contribution is 5.99. The van der Waals surface area contributed by atoms with E-state index in [4.69, 9.17) is 9.90 Å². The summed E-state index contributed by atoms with van der Waals surface area (Å²) in [6, 6.07) is 14.0. The van der Waals surface area contributed by atoms with Crippen LogP contribution in [-0.4, -0.2) is 89.1 Å². The molecule has 0 unspecified atom stereocenters. The molecule has 1 amide bonds. The Morgan fingerprint density at radius 2 is 1.58 bits per heavy atom. The fraction of sp³-hybridized carbons (Fsp3) is 0.346. The maximum atomic E-state index is 13.3. The van der Waals surface area contributed by atoms with Crippen molar-refractivity contribution in [1.82, 2.24) is 24.9 Å². The first kappa shape index (κ1) is 28.8. The van der Waals surface area contributed by atoms with Gasteiger partial charge in [0.2, 0.25) is 0 Å². The van der Waals surface area contributed by atoms with E-state index in [1.54, 1.807) is 23.0 Å². The van der Waals surface area contributed by atoms with Gasteiger partial charge < -0.3 is 15.3 Å². The molecule has 1 saturated heterocycles. The normalized spacial score (nSPS) is 14.5. The summed E-state index contributed by atoms with van der Waals surface area (Å²) in [5.41, 5.74) is 3.83. The monoisotopic (exact) mass is 535 g/mol. The first-order valence-electron chi connectivity index (χ1n) is 11.9. The smallest absolute Gasteiger partial charge is 0.475 e. The lowest BCUT2D eigenvalue weighted by Gasteiger charge is -2.32. The zero-order valence-corrected chi connectivity index (χ0v) is 21.0. The molecule has 1 aliphatic heterocycles. The highest BCUT2D eigenvalue weighted by atomic mass is 19.4. The number of carboxylic acids is 1. The van der Waals surface area contributed by atoms with Gasteiger partial charge in [0.15, 0.2) is 0 Å². The number of hydrogen-bond donors (Lipinski definition) is 2. The Hall–Kier alpha value is -3.77. The number of carbonyl (C=O) groups is 2. The molecule has 0 saturated carbocycles. The third-order valence-electron chi connectivity index (χ3n) is 5.93. The quantitative estimate of drug-likeness (QED) is 0.469. The van der Waals surface area contributed by atoms with E-state index < -0.39 is 12.1 Å². The second kappa shape index (κ2) is 12.7. The van der Waals surface area contributed by atoms with Crippen molar-refractivity contribution in [3.8, 4) is 16.9 Å². The number of nitrogens with zero attached hydrogens (tertiary/aromatic N) is 4. The van der Waals surface area contributed by atoms with Gasteiger partial charge >= 0.3 is 12.1 Å². The first-order chi connectivity index (χ1) is 17.9. The molecule has 2 aromatic carbocycles. The number of aliphatic carboxylic acids is 1. The van der Waals surface area contributed by atoms with Gasteiger partial charge in [-0.05, 0) is 38.2 Å². The number of carbonyl (C=O) groups excluding carboxylic acids is 1. The van der Waals surface area contributed by atoms with E-state index in [1.807, 2.05) is 31.2 Å². The van der Waals surface area contributed by atoms with Crippen LogP contribution in [-0.2, 0) is 4.79 Å². The number of benzene rings is 2. The first-order valence-corrected chi connectivity index (χ1v) is 11.9. The van der Waals surface area contributed by atoms with Gasteiger partial charge in [-0.1, -0.05) is 29.8 Å². The lowest BCUT2D eigenvalue weighted by atomic mass is 10.1. The van der Waals surface area contributed by atoms with Crippen LogP contribution in [0.3, 0.4) is 0 Å². The van der Waals surface area contributed by atoms with E-state index in [0.717, 1.165) is 43.9 Å². The van der Waals surface area contributed by atoms with Gasteiger partial charge in [0.05, 0.1) is 11.3 Å². The number of alkyl halides is 3. The van der Waals surface area contributed by atoms with Crippen molar-refractivity contribution in [3.05, 3.63) is 71.7 Å². The Kier molecular flexibility index (Phi) is 9.59. The lowest BCUT2D eigenvalue weighted by Crippen LogP contribution is -2.46. The number of likely N-dealkylation sites (N-methyl/N-ethyl adjacent to an activating group) is 1. The van der Waals surface area contributed by atoms with Crippen LogP contribution >= 0.6 is 0 Å². The van der Waals surface area contributed by atoms with Crippen molar-refractivity contribution in [2.24, 2.45) is 0 Å². The topological polar surface area (TPSA) is 90.7 Å². The van der Waals surface area contributed by atoms with Gasteiger partial charge in [0.1, 0.15) is 11.5 Å². The SMILES string of the molecule is Cc1ccc(-c2nn(-c3ccc(F)cc3)cc2C(=O)NCCN2CCN(C)CC2)cc1.O=C(O)C(F)(F)F. The van der Waals surface area contributed by atoms with Crippen molar-refractivity contribution in [3.63, 3.8) is 0 Å². The molecule has 3 aromatic rings. The number of carboxylic acid groups (broad SMARTS) is 1. The van der Waals surface area contributed by atoms with Crippen LogP contribution in [0.1, 0.15) is 15.9 Å². The molecule has 0 bridgehead atoms. The molecule has 1 aromatic heterocycles. The largest absolute Gasteiger partial charge is 0.490 e. The van der Waals surface area contributed by atoms with Gasteiger partial charge in [-0.3, -0.25) is 9.69 Å². The van der Waals surface area contributed by atoms with Crippen LogP contribution in [0, 0.1) is 12.7 Å². The van der Waals surface area contributed by atoms with E-state index in [0.29, 0.717) is 23.5 Å². The van der Waals surface area contributed by atoms with Crippen LogP contribution in [0.4, 0.5) is 17.6 Å². The van der Waals surface area contributed by atoms with Crippen molar-refractivity contribution in [2.45, 2.75) is 13.1 Å². The predicted octanol–water partition coefficient (Wildman–Crippen LogP) is 3.60. The van der Waals surface area contributed by atoms with Crippen molar-refractivity contribution >= 4 is 11.9 Å². The predicted molar refractivity (Wildman–Crippen MR) is 134 cm³/mol. The molecule has 12 heteroatoms. The Morgan fingerprint density at radius 3 is 2.13 bits per heavy atom. The number of rotatable bonds is 6. The number of nitrogens with one attached hydrogen (secondary N) is 1. The van der Waals surface area contributed by atoms with Crippen molar-refractivity contribution in [1.29, 1.82) is 0 Å². The highest BCUT2D eigenvalue weighted by Gasteiger charge is 2.38. The van der Waals surface area contributed by atoms with Gasteiger partial charge in [-0.25, -0.2) is 13.9 Å². The summed E-state index contributed by atoms with van der Waals surface area (Å²) < 4.78 is 46.7. The number of halogens is 4. The molecule has 0 atom stereocenters. The molecule has 0 aliphatic carbocycles. The average Bonchev–Trinajstić information content (AvgIpc) is 3.31. The highest BCUT2D eigenvalue weighted by Crippen LogP contribution is 2.24. The van der Waals surface area contributed by atoms with E-state index in [1.165, 1.54) is 12.1 Å². The molecule has 0 radical (unpaired) electrons. The van der Waals surface area contributed by atoms with Gasteiger partial charge in [0, 0.05) is 51.0 Å². The van der Waals surface area contributed by atoms with E-state index in [2.05, 4.69) is 27.3 Å². The molecule has 204 valence electrons. The summed E-state index contributed by atoms with van der Waals surface area (Å²) in [5.74, 6) is -3.22. The molecule has 0 spiro atoms. The molecule has 4 rings (SSSR count). The number of piperazine rings is 1. The molecule has 2 N–H and O–H groups in total. The molecule has 38 heavy (non-hydrogen) atoms. The number of aromatic nitrogens is 2. The standard InChI is InChI=1S/C24H28FN5O.C2HF3O2/c1-18-3-5-19(6-4-18)23-22(17-30(27-23)21-9-7-20(25)8-10-21)24(31)26-11-12-29-15-13-28(2)14-16-29;3-2(4,5)1(6)7/h3-10,17H,11-16H2,1-2H3,(H,26,31);(H,6,7). The Labute approximate surface area is 217 Å². The molecule has 2 heterocycles. The van der Waals surface area contributed by atoms with E-state index in [-0.39, 0.29) is 11.7 Å². The lowest BCUT2D eigenvalue weighted by molar-refractivity contribution is -0.192. The van der Waals surface area contributed by atoms with Gasteiger partial charge in [-0.15, -0.1) is 0 Å². The minimum Gasteiger partial charge on any atom is -0.475 e. The van der Waals surface area contributed by atoms with Crippen molar-refractivity contribution < 1.29 is 32.3 Å². The number of aryl methyl sites for hydroxylation is 1. The Bertz CT molecular complexity index is 1220. The minimum absolute atomic E-state index is 0.155. The summed E-state index contributed by atoms with van der Waals surface area (Å²) in [4.78, 5) is 26.6. The van der Waals surface area contributed by atoms with Crippen LogP contribution in [0.2, 0.25) is 0 Å². The Balaban J connectivity index is 0.000000505. The maximum Gasteiger partial charge on any atom is 0.490 e. The van der Waals surface area contributed by atoms with Crippen LogP contribution in [0.5, 0.6) is 0 Å². The summed E-state index contributed by atoms with van der Waals surface area (Å²) in [6.45, 7) is 7.56. The fourth-order valence-corrected chi connectivity index (χ4v) is 3.69. The van der Waals surface area contributed by atoms with Crippen LogP contribution in [0.15, 0.2) is 54.7 Å². The average molecular weight is 536 g/mol. The maximum absolute atomic E-state index is 13.3. The second-order valence-corrected chi connectivity index (χ2v) is 8.88. The molecule has 1 fully saturated rings. The van der Waals surface area contributed by atoms with Crippen LogP contribution < -0.4 is 5.32 Å².